The molecule has 0 unspecified atom stereocenters. The molecule has 1 aliphatic rings. The minimum Gasteiger partial charge on any atom is -0.335 e. The van der Waals surface area contributed by atoms with Crippen molar-refractivity contribution in [2.45, 2.75) is 45.3 Å². The van der Waals surface area contributed by atoms with E-state index in [4.69, 9.17) is 0 Å². The number of rotatable bonds is 4. The first-order valence-corrected chi connectivity index (χ1v) is 9.21. The smallest absolute Gasteiger partial charge is 0.317 e. The topological polar surface area (TPSA) is 97.2 Å². The summed E-state index contributed by atoms with van der Waals surface area (Å²) in [6.45, 7) is 4.40. The van der Waals surface area contributed by atoms with Crippen molar-refractivity contribution in [3.05, 3.63) is 12.2 Å². The van der Waals surface area contributed by atoms with Crippen LogP contribution in [0.1, 0.15) is 38.6 Å². The molecule has 0 atom stereocenters. The molecule has 0 aliphatic carbocycles. The molecule has 0 radical (unpaired) electrons. The van der Waals surface area contributed by atoms with E-state index in [9.17, 15) is 13.2 Å². The Bertz CT molecular complexity index is 611. The molecule has 22 heavy (non-hydrogen) atoms. The van der Waals surface area contributed by atoms with E-state index in [1.165, 1.54) is 4.90 Å². The summed E-state index contributed by atoms with van der Waals surface area (Å²) in [5.41, 5.74) is 0. The third kappa shape index (κ3) is 4.19. The number of nitrogens with zero attached hydrogens (tertiary/aromatic N) is 4. The van der Waals surface area contributed by atoms with Crippen LogP contribution in [-0.2, 0) is 16.4 Å². The Labute approximate surface area is 130 Å². The van der Waals surface area contributed by atoms with Gasteiger partial charge >= 0.3 is 6.03 Å². The molecule has 124 valence electrons. The predicted octanol–water partition coefficient (Wildman–Crippen LogP) is 0.578. The van der Waals surface area contributed by atoms with Crippen LogP contribution in [0.5, 0.6) is 0 Å². The molecule has 0 saturated carbocycles. The van der Waals surface area contributed by atoms with Gasteiger partial charge in [-0.15, -0.1) is 10.2 Å². The first-order valence-electron chi connectivity index (χ1n) is 7.39. The molecule has 1 N–H and O–H groups in total. The van der Waals surface area contributed by atoms with E-state index in [1.807, 2.05) is 18.4 Å². The largest absolute Gasteiger partial charge is 0.335 e. The first kappa shape index (κ1) is 16.7. The number of hydrogen-bond acceptors (Lipinski definition) is 5. The summed E-state index contributed by atoms with van der Waals surface area (Å²) < 4.78 is 24.7. The third-order valence-electron chi connectivity index (χ3n) is 3.81. The Morgan fingerprint density at radius 2 is 2.09 bits per heavy atom. The molecule has 8 nitrogen and oxygen atoms in total. The Hall–Kier alpha value is -1.64. The predicted molar refractivity (Wildman–Crippen MR) is 82.1 cm³/mol. The minimum absolute atomic E-state index is 0.0820. The summed E-state index contributed by atoms with van der Waals surface area (Å²) in [6, 6.07) is -0.0749. The number of aromatic nitrogens is 3. The van der Waals surface area contributed by atoms with Crippen molar-refractivity contribution in [3.8, 4) is 0 Å². The van der Waals surface area contributed by atoms with Crippen LogP contribution in [0.2, 0.25) is 0 Å². The van der Waals surface area contributed by atoms with E-state index >= 15 is 0 Å². The van der Waals surface area contributed by atoms with Crippen LogP contribution >= 0.6 is 0 Å². The Morgan fingerprint density at radius 3 is 2.68 bits per heavy atom. The van der Waals surface area contributed by atoms with Crippen molar-refractivity contribution >= 4 is 15.9 Å². The summed E-state index contributed by atoms with van der Waals surface area (Å²) >= 11 is 0. The number of carbonyl (C=O) groups is 1. The lowest BCUT2D eigenvalue weighted by Crippen LogP contribution is -2.46. The normalized spacial score (nSPS) is 18.4. The summed E-state index contributed by atoms with van der Waals surface area (Å²) in [5, 5.41) is 10.8. The molecule has 1 aromatic rings. The quantitative estimate of drug-likeness (QED) is 0.871. The lowest BCUT2D eigenvalue weighted by molar-refractivity contribution is 0.199. The van der Waals surface area contributed by atoms with Gasteiger partial charge in [-0.2, -0.15) is 0 Å². The van der Waals surface area contributed by atoms with E-state index in [0.29, 0.717) is 19.4 Å². The van der Waals surface area contributed by atoms with Gasteiger partial charge in [0.05, 0.1) is 18.1 Å². The van der Waals surface area contributed by atoms with Crippen molar-refractivity contribution in [3.63, 3.8) is 0 Å². The zero-order valence-corrected chi connectivity index (χ0v) is 14.0. The lowest BCUT2D eigenvalue weighted by atomic mass is 10.2. The summed E-state index contributed by atoms with van der Waals surface area (Å²) in [5.74, 6) is 1.01. The maximum Gasteiger partial charge on any atom is 0.317 e. The molecular weight excluding hydrogens is 306 g/mol. The highest BCUT2D eigenvalue weighted by Gasteiger charge is 2.25. The van der Waals surface area contributed by atoms with E-state index in [1.54, 1.807) is 13.4 Å². The lowest BCUT2D eigenvalue weighted by Gasteiger charge is -2.26. The molecule has 2 rings (SSSR count). The monoisotopic (exact) mass is 329 g/mol. The van der Waals surface area contributed by atoms with Gasteiger partial charge in [-0.1, -0.05) is 0 Å². The summed E-state index contributed by atoms with van der Waals surface area (Å²) in [7, 11) is -1.23. The molecule has 1 saturated heterocycles. The fraction of sp³-hybridized carbons (Fsp3) is 0.769. The summed E-state index contributed by atoms with van der Waals surface area (Å²) in [6.07, 6.45) is 2.60. The molecule has 1 fully saturated rings. The van der Waals surface area contributed by atoms with Crippen LogP contribution in [0.3, 0.4) is 0 Å². The second-order valence-electron chi connectivity index (χ2n) is 5.98. The van der Waals surface area contributed by atoms with Gasteiger partial charge in [0.15, 0.2) is 5.82 Å². The van der Waals surface area contributed by atoms with E-state index in [2.05, 4.69) is 15.5 Å². The van der Waals surface area contributed by atoms with Crippen LogP contribution in [0.25, 0.3) is 0 Å². The molecular formula is C13H23N5O3S. The number of sulfone groups is 1. The SMILES string of the molecule is CC(C)n1cnnc1CN(C)C(=O)NC1CCS(=O)(=O)CC1. The van der Waals surface area contributed by atoms with Crippen molar-refractivity contribution in [2.75, 3.05) is 18.6 Å². The fourth-order valence-corrected chi connectivity index (χ4v) is 3.91. The second kappa shape index (κ2) is 6.64. The van der Waals surface area contributed by atoms with Gasteiger partial charge in [0.2, 0.25) is 0 Å². The standard InChI is InChI=1S/C13H23N5O3S/c1-10(2)18-9-14-16-12(18)8-17(3)13(19)15-11-4-6-22(20,21)7-5-11/h9-11H,4-8H2,1-3H3,(H,15,19). The van der Waals surface area contributed by atoms with Crippen molar-refractivity contribution < 1.29 is 13.2 Å². The van der Waals surface area contributed by atoms with Crippen LogP contribution in [0.15, 0.2) is 6.33 Å². The second-order valence-corrected chi connectivity index (χ2v) is 8.28. The number of nitrogens with one attached hydrogen (secondary N) is 1. The van der Waals surface area contributed by atoms with Gasteiger partial charge in [-0.05, 0) is 26.7 Å². The number of amides is 2. The van der Waals surface area contributed by atoms with Crippen molar-refractivity contribution in [2.24, 2.45) is 0 Å². The van der Waals surface area contributed by atoms with Gasteiger partial charge in [-0.25, -0.2) is 13.2 Å². The molecule has 0 spiro atoms. The number of hydrogen-bond donors (Lipinski definition) is 1. The van der Waals surface area contributed by atoms with Crippen LogP contribution in [0.4, 0.5) is 4.79 Å². The highest BCUT2D eigenvalue weighted by molar-refractivity contribution is 7.91. The van der Waals surface area contributed by atoms with Gasteiger partial charge in [-0.3, -0.25) is 0 Å². The fourth-order valence-electron chi connectivity index (χ4n) is 2.41. The maximum atomic E-state index is 12.2. The van der Waals surface area contributed by atoms with Crippen LogP contribution < -0.4 is 5.32 Å². The maximum absolute atomic E-state index is 12.2. The van der Waals surface area contributed by atoms with Gasteiger partial charge in [0, 0.05) is 19.1 Å². The van der Waals surface area contributed by atoms with Gasteiger partial charge in [0.25, 0.3) is 0 Å². The van der Waals surface area contributed by atoms with Crippen LogP contribution in [0, 0.1) is 0 Å². The highest BCUT2D eigenvalue weighted by Crippen LogP contribution is 2.13. The average Bonchev–Trinajstić information content (AvgIpc) is 2.89. The van der Waals surface area contributed by atoms with Crippen molar-refractivity contribution in [1.82, 2.24) is 25.0 Å². The van der Waals surface area contributed by atoms with E-state index in [0.717, 1.165) is 5.82 Å². The number of urea groups is 1. The van der Waals surface area contributed by atoms with Gasteiger partial charge in [0.1, 0.15) is 16.2 Å². The van der Waals surface area contributed by atoms with Crippen molar-refractivity contribution in [1.29, 1.82) is 0 Å². The molecule has 0 aromatic carbocycles. The van der Waals surface area contributed by atoms with E-state index < -0.39 is 9.84 Å². The Balaban J connectivity index is 1.88. The van der Waals surface area contributed by atoms with Gasteiger partial charge < -0.3 is 14.8 Å². The molecule has 9 heteroatoms. The molecule has 0 bridgehead atoms. The van der Waals surface area contributed by atoms with Crippen LogP contribution in [-0.4, -0.2) is 58.7 Å². The van der Waals surface area contributed by atoms with E-state index in [-0.39, 0.29) is 29.6 Å². The number of carbonyl (C=O) groups excluding carboxylic acids is 1. The molecule has 1 aliphatic heterocycles. The molecule has 2 heterocycles. The first-order chi connectivity index (χ1) is 10.3. The Kier molecular flexibility index (Phi) is 5.05. The minimum atomic E-state index is -2.91. The average molecular weight is 329 g/mol. The third-order valence-corrected chi connectivity index (χ3v) is 5.53. The molecule has 2 amide bonds. The zero-order valence-electron chi connectivity index (χ0n) is 13.2. The Morgan fingerprint density at radius 1 is 1.45 bits per heavy atom. The molecule has 1 aromatic heterocycles. The zero-order chi connectivity index (χ0) is 16.3. The highest BCUT2D eigenvalue weighted by atomic mass is 32.2. The summed E-state index contributed by atoms with van der Waals surface area (Å²) in [4.78, 5) is 13.7.